The van der Waals surface area contributed by atoms with Crippen LogP contribution in [0.1, 0.15) is 0 Å². The van der Waals surface area contributed by atoms with Crippen molar-refractivity contribution in [2.75, 3.05) is 0 Å². The second kappa shape index (κ2) is 6.59. The summed E-state index contributed by atoms with van der Waals surface area (Å²) in [7, 11) is 0. The zero-order valence-electron chi connectivity index (χ0n) is 11.6. The Labute approximate surface area is 149 Å². The molecule has 24 heavy (non-hydrogen) atoms. The van der Waals surface area contributed by atoms with Gasteiger partial charge in [-0.2, -0.15) is 0 Å². The van der Waals surface area contributed by atoms with Crippen molar-refractivity contribution < 1.29 is 13.2 Å². The molecule has 8 heteroatoms. The molecule has 0 aliphatic carbocycles. The van der Waals surface area contributed by atoms with E-state index in [-0.39, 0.29) is 21.4 Å². The molecule has 3 aromatic rings. The van der Waals surface area contributed by atoms with Crippen LogP contribution >= 0.6 is 34.8 Å². The highest BCUT2D eigenvalue weighted by atomic mass is 35.5. The van der Waals surface area contributed by atoms with Crippen molar-refractivity contribution in [3.8, 4) is 22.3 Å². The molecule has 0 aliphatic rings. The third kappa shape index (κ3) is 3.07. The van der Waals surface area contributed by atoms with E-state index in [2.05, 4.69) is 10.2 Å². The average molecular weight is 390 g/mol. The van der Waals surface area contributed by atoms with E-state index in [0.717, 1.165) is 0 Å². The maximum absolute atomic E-state index is 14.2. The summed E-state index contributed by atoms with van der Waals surface area (Å²) < 4.78 is 41.6. The van der Waals surface area contributed by atoms with Gasteiger partial charge in [-0.1, -0.05) is 46.9 Å². The van der Waals surface area contributed by atoms with Crippen molar-refractivity contribution in [3.05, 3.63) is 69.2 Å². The maximum atomic E-state index is 14.2. The van der Waals surface area contributed by atoms with Crippen LogP contribution in [-0.4, -0.2) is 10.2 Å². The Morgan fingerprint density at radius 2 is 1.17 bits per heavy atom. The lowest BCUT2D eigenvalue weighted by molar-refractivity contribution is 0.548. The number of halogens is 6. The summed E-state index contributed by atoms with van der Waals surface area (Å²) in [6.07, 6.45) is 0. The summed E-state index contributed by atoms with van der Waals surface area (Å²) >= 11 is 17.9. The Kier molecular flexibility index (Phi) is 4.67. The zero-order chi connectivity index (χ0) is 17.4. The van der Waals surface area contributed by atoms with Crippen molar-refractivity contribution in [2.45, 2.75) is 0 Å². The highest BCUT2D eigenvalue weighted by molar-refractivity contribution is 6.36. The van der Waals surface area contributed by atoms with Gasteiger partial charge in [-0.15, -0.1) is 10.2 Å². The molecule has 0 saturated carbocycles. The Morgan fingerprint density at radius 3 is 1.71 bits per heavy atom. The molecule has 0 spiro atoms. The summed E-state index contributed by atoms with van der Waals surface area (Å²) in [5.74, 6) is -3.31. The summed E-state index contributed by atoms with van der Waals surface area (Å²) in [5, 5.41) is 7.35. The normalized spacial score (nSPS) is 10.9. The van der Waals surface area contributed by atoms with E-state index in [1.54, 1.807) is 24.3 Å². The van der Waals surface area contributed by atoms with Crippen LogP contribution in [-0.2, 0) is 0 Å². The minimum absolute atomic E-state index is 0.111. The van der Waals surface area contributed by atoms with E-state index in [9.17, 15) is 13.2 Å². The Morgan fingerprint density at radius 1 is 0.667 bits per heavy atom. The first-order valence-corrected chi connectivity index (χ1v) is 7.64. The lowest BCUT2D eigenvalue weighted by atomic mass is 9.96. The molecule has 0 N–H and O–H groups in total. The highest BCUT2D eigenvalue weighted by Crippen LogP contribution is 2.42. The van der Waals surface area contributed by atoms with Gasteiger partial charge in [0, 0.05) is 28.3 Å². The number of hydrogen-bond acceptors (Lipinski definition) is 2. The molecule has 0 saturated heterocycles. The van der Waals surface area contributed by atoms with Crippen molar-refractivity contribution >= 4 is 34.8 Å². The van der Waals surface area contributed by atoms with Crippen LogP contribution in [0.2, 0.25) is 15.3 Å². The van der Waals surface area contributed by atoms with E-state index in [1.165, 1.54) is 0 Å². The fraction of sp³-hybridized carbons (Fsp3) is 0. The molecule has 122 valence electrons. The van der Waals surface area contributed by atoms with E-state index in [1.807, 2.05) is 0 Å². The quantitative estimate of drug-likeness (QED) is 0.522. The first kappa shape index (κ1) is 17.0. The molecular formula is C16H6Cl3F3N2. The van der Waals surface area contributed by atoms with Gasteiger partial charge in [0.2, 0.25) is 0 Å². The lowest BCUT2D eigenvalue weighted by Gasteiger charge is -2.14. The van der Waals surface area contributed by atoms with E-state index < -0.39 is 23.0 Å². The van der Waals surface area contributed by atoms with E-state index in [4.69, 9.17) is 34.8 Å². The Hall–Kier alpha value is -1.82. The van der Waals surface area contributed by atoms with Gasteiger partial charge >= 0.3 is 0 Å². The molecule has 1 aromatic heterocycles. The molecule has 2 nitrogen and oxygen atoms in total. The predicted molar refractivity (Wildman–Crippen MR) is 87.8 cm³/mol. The van der Waals surface area contributed by atoms with Crippen LogP contribution in [0.25, 0.3) is 22.3 Å². The standard InChI is InChI=1S/C16H6Cl3F3N2/c17-8-3-1-7(2-4-8)12-14(16(19)24-23-15(12)18)13-10(21)5-9(20)6-11(13)22/h1-6H. The van der Waals surface area contributed by atoms with Gasteiger partial charge in [-0.25, -0.2) is 13.2 Å². The molecule has 2 aromatic carbocycles. The van der Waals surface area contributed by atoms with E-state index >= 15 is 0 Å². The van der Waals surface area contributed by atoms with Crippen molar-refractivity contribution in [3.63, 3.8) is 0 Å². The molecule has 0 fully saturated rings. The largest absolute Gasteiger partial charge is 0.207 e. The highest BCUT2D eigenvalue weighted by Gasteiger charge is 2.24. The third-order valence-electron chi connectivity index (χ3n) is 3.28. The summed E-state index contributed by atoms with van der Waals surface area (Å²) in [5.41, 5.74) is -0.0193. The maximum Gasteiger partial charge on any atom is 0.160 e. The SMILES string of the molecule is Fc1cc(F)c(-c2c(Cl)nnc(Cl)c2-c2ccc(Cl)cc2)c(F)c1. The Bertz CT molecular complexity index is 908. The Balaban J connectivity index is 2.37. The number of benzene rings is 2. The number of rotatable bonds is 2. The van der Waals surface area contributed by atoms with Gasteiger partial charge in [0.15, 0.2) is 10.3 Å². The second-order valence-electron chi connectivity index (χ2n) is 4.78. The van der Waals surface area contributed by atoms with E-state index in [0.29, 0.717) is 22.7 Å². The van der Waals surface area contributed by atoms with Gasteiger partial charge < -0.3 is 0 Å². The van der Waals surface area contributed by atoms with Crippen molar-refractivity contribution in [2.24, 2.45) is 0 Å². The molecular weight excluding hydrogens is 384 g/mol. The van der Waals surface area contributed by atoms with Crippen LogP contribution < -0.4 is 0 Å². The van der Waals surface area contributed by atoms with Gasteiger partial charge in [-0.3, -0.25) is 0 Å². The fourth-order valence-corrected chi connectivity index (χ4v) is 2.88. The molecule has 1 heterocycles. The van der Waals surface area contributed by atoms with Crippen LogP contribution in [0.15, 0.2) is 36.4 Å². The topological polar surface area (TPSA) is 25.8 Å². The predicted octanol–water partition coefficient (Wildman–Crippen LogP) is 6.19. The number of hydrogen-bond donors (Lipinski definition) is 0. The van der Waals surface area contributed by atoms with Crippen molar-refractivity contribution in [1.29, 1.82) is 0 Å². The molecule has 0 radical (unpaired) electrons. The minimum Gasteiger partial charge on any atom is -0.207 e. The molecule has 3 rings (SSSR count). The zero-order valence-corrected chi connectivity index (χ0v) is 13.9. The number of aromatic nitrogens is 2. The van der Waals surface area contributed by atoms with Crippen LogP contribution in [0.5, 0.6) is 0 Å². The van der Waals surface area contributed by atoms with Gasteiger partial charge in [-0.05, 0) is 17.7 Å². The summed E-state index contributed by atoms with van der Waals surface area (Å²) in [4.78, 5) is 0. The summed E-state index contributed by atoms with van der Waals surface area (Å²) in [6, 6.07) is 7.42. The van der Waals surface area contributed by atoms with Crippen LogP contribution in [0.4, 0.5) is 13.2 Å². The lowest BCUT2D eigenvalue weighted by Crippen LogP contribution is -1.99. The molecule has 0 unspecified atom stereocenters. The third-order valence-corrected chi connectivity index (χ3v) is 4.06. The average Bonchev–Trinajstić information content (AvgIpc) is 2.51. The smallest absolute Gasteiger partial charge is 0.160 e. The van der Waals surface area contributed by atoms with Gasteiger partial charge in [0.05, 0.1) is 5.56 Å². The first-order chi connectivity index (χ1) is 11.4. The second-order valence-corrected chi connectivity index (χ2v) is 5.94. The molecule has 0 amide bonds. The molecule has 0 atom stereocenters. The van der Waals surface area contributed by atoms with Crippen LogP contribution in [0, 0.1) is 17.5 Å². The summed E-state index contributed by atoms with van der Waals surface area (Å²) in [6.45, 7) is 0. The van der Waals surface area contributed by atoms with Crippen LogP contribution in [0.3, 0.4) is 0 Å². The van der Waals surface area contributed by atoms with Gasteiger partial charge in [0.25, 0.3) is 0 Å². The minimum atomic E-state index is -1.13. The molecule has 0 aliphatic heterocycles. The monoisotopic (exact) mass is 388 g/mol. The molecule has 0 bridgehead atoms. The number of nitrogens with zero attached hydrogens (tertiary/aromatic N) is 2. The fourth-order valence-electron chi connectivity index (χ4n) is 2.28. The first-order valence-electron chi connectivity index (χ1n) is 6.51. The van der Waals surface area contributed by atoms with Crippen molar-refractivity contribution in [1.82, 2.24) is 10.2 Å². The van der Waals surface area contributed by atoms with Gasteiger partial charge in [0.1, 0.15) is 17.5 Å².